The van der Waals surface area contributed by atoms with Gasteiger partial charge in [-0.2, -0.15) is 0 Å². The number of nitrogens with one attached hydrogen (secondary N) is 2. The maximum atomic E-state index is 11.5. The second-order valence-electron chi connectivity index (χ2n) is 4.90. The largest absolute Gasteiger partial charge is 0.465 e. The van der Waals surface area contributed by atoms with Gasteiger partial charge in [-0.25, -0.2) is 9.78 Å². The number of hydrogen-bond acceptors (Lipinski definition) is 4. The van der Waals surface area contributed by atoms with E-state index in [4.69, 9.17) is 4.74 Å². The molecule has 0 atom stereocenters. The highest BCUT2D eigenvalue weighted by Gasteiger charge is 2.09. The van der Waals surface area contributed by atoms with Crippen molar-refractivity contribution in [3.05, 3.63) is 35.2 Å². The molecule has 0 amide bonds. The summed E-state index contributed by atoms with van der Waals surface area (Å²) in [6.45, 7) is 2.05. The van der Waals surface area contributed by atoms with Crippen LogP contribution in [0.5, 0.6) is 0 Å². The number of aromatic amines is 1. The molecular weight excluding hydrogens is 254 g/mol. The van der Waals surface area contributed by atoms with Crippen LogP contribution in [0.1, 0.15) is 29.0 Å². The van der Waals surface area contributed by atoms with E-state index in [0.717, 1.165) is 42.8 Å². The van der Waals surface area contributed by atoms with Crippen LogP contribution >= 0.6 is 0 Å². The molecule has 0 saturated carbocycles. The number of benzene rings is 1. The van der Waals surface area contributed by atoms with Crippen molar-refractivity contribution in [2.24, 2.45) is 0 Å². The number of piperidine rings is 1. The summed E-state index contributed by atoms with van der Waals surface area (Å²) in [5.74, 6) is 0.513. The minimum absolute atomic E-state index is 0.334. The first-order valence-corrected chi connectivity index (χ1v) is 6.74. The number of hydrogen-bond donors (Lipinski definition) is 2. The number of carbonyl (C=O) groups is 1. The molecule has 3 rings (SSSR count). The number of fused-ring (bicyclic) bond motifs is 1. The van der Waals surface area contributed by atoms with Crippen LogP contribution in [0.4, 0.5) is 0 Å². The summed E-state index contributed by atoms with van der Waals surface area (Å²) in [5, 5.41) is 3.33. The minimum atomic E-state index is -0.334. The average molecular weight is 271 g/mol. The molecule has 20 heavy (non-hydrogen) atoms. The van der Waals surface area contributed by atoms with E-state index in [1.54, 1.807) is 12.1 Å². The lowest BCUT2D eigenvalue weighted by Gasteiger charge is -2.14. The summed E-state index contributed by atoms with van der Waals surface area (Å²) in [4.78, 5) is 19.3. The molecule has 5 heteroatoms. The average Bonchev–Trinajstić information content (AvgIpc) is 2.88. The molecule has 5 nitrogen and oxygen atoms in total. The lowest BCUT2D eigenvalue weighted by Crippen LogP contribution is -2.22. The van der Waals surface area contributed by atoms with Crippen molar-refractivity contribution >= 4 is 23.1 Å². The second kappa shape index (κ2) is 5.46. The van der Waals surface area contributed by atoms with Crippen molar-refractivity contribution in [1.29, 1.82) is 0 Å². The van der Waals surface area contributed by atoms with Crippen LogP contribution in [0.3, 0.4) is 0 Å². The van der Waals surface area contributed by atoms with Gasteiger partial charge < -0.3 is 15.0 Å². The summed E-state index contributed by atoms with van der Waals surface area (Å²) < 4.78 is 4.72. The Morgan fingerprint density at radius 1 is 1.35 bits per heavy atom. The Kier molecular flexibility index (Phi) is 3.52. The SMILES string of the molecule is COC(=O)c1ccc2nc(C=C3CCNCC3)[nH]c2c1. The van der Waals surface area contributed by atoms with Crippen molar-refractivity contribution in [2.45, 2.75) is 12.8 Å². The topological polar surface area (TPSA) is 67.0 Å². The van der Waals surface area contributed by atoms with E-state index in [9.17, 15) is 4.79 Å². The highest BCUT2D eigenvalue weighted by atomic mass is 16.5. The maximum absolute atomic E-state index is 11.5. The highest BCUT2D eigenvalue weighted by Crippen LogP contribution is 2.18. The molecule has 0 bridgehead atoms. The van der Waals surface area contributed by atoms with Crippen LogP contribution in [-0.4, -0.2) is 36.1 Å². The van der Waals surface area contributed by atoms with Gasteiger partial charge >= 0.3 is 5.97 Å². The number of carbonyl (C=O) groups excluding carboxylic acids is 1. The van der Waals surface area contributed by atoms with Gasteiger partial charge in [0.25, 0.3) is 0 Å². The molecule has 2 N–H and O–H groups in total. The van der Waals surface area contributed by atoms with Crippen LogP contribution in [0.25, 0.3) is 17.1 Å². The van der Waals surface area contributed by atoms with E-state index in [0.29, 0.717) is 5.56 Å². The minimum Gasteiger partial charge on any atom is -0.465 e. The van der Waals surface area contributed by atoms with E-state index in [-0.39, 0.29) is 5.97 Å². The first-order chi connectivity index (χ1) is 9.76. The van der Waals surface area contributed by atoms with Crippen molar-refractivity contribution < 1.29 is 9.53 Å². The number of rotatable bonds is 2. The van der Waals surface area contributed by atoms with Gasteiger partial charge in [0.2, 0.25) is 0 Å². The summed E-state index contributed by atoms with van der Waals surface area (Å²) in [6.07, 6.45) is 4.23. The van der Waals surface area contributed by atoms with Crippen molar-refractivity contribution in [3.63, 3.8) is 0 Å². The van der Waals surface area contributed by atoms with E-state index >= 15 is 0 Å². The van der Waals surface area contributed by atoms with Crippen LogP contribution < -0.4 is 5.32 Å². The smallest absolute Gasteiger partial charge is 0.337 e. The van der Waals surface area contributed by atoms with Crippen LogP contribution in [0.2, 0.25) is 0 Å². The Hall–Kier alpha value is -2.14. The lowest BCUT2D eigenvalue weighted by molar-refractivity contribution is 0.0601. The lowest BCUT2D eigenvalue weighted by atomic mass is 10.1. The van der Waals surface area contributed by atoms with Crippen LogP contribution in [0.15, 0.2) is 23.8 Å². The molecule has 1 aromatic heterocycles. The molecule has 1 fully saturated rings. The number of methoxy groups -OCH3 is 1. The van der Waals surface area contributed by atoms with Gasteiger partial charge in [-0.3, -0.25) is 0 Å². The van der Waals surface area contributed by atoms with Crippen molar-refractivity contribution in [3.8, 4) is 0 Å². The normalized spacial score (nSPS) is 15.3. The summed E-state index contributed by atoms with van der Waals surface area (Å²) >= 11 is 0. The fourth-order valence-electron chi connectivity index (χ4n) is 2.43. The van der Waals surface area contributed by atoms with Gasteiger partial charge in [0.1, 0.15) is 5.82 Å². The quantitative estimate of drug-likeness (QED) is 0.821. The molecular formula is C15H17N3O2. The first-order valence-electron chi connectivity index (χ1n) is 6.74. The molecule has 1 aliphatic rings. The van der Waals surface area contributed by atoms with Crippen molar-refractivity contribution in [1.82, 2.24) is 15.3 Å². The Morgan fingerprint density at radius 3 is 2.90 bits per heavy atom. The number of H-pyrrole nitrogens is 1. The molecule has 2 heterocycles. The number of nitrogens with zero attached hydrogens (tertiary/aromatic N) is 1. The van der Waals surface area contributed by atoms with Gasteiger partial charge in [-0.05, 0) is 50.2 Å². The Bertz CT molecular complexity index is 665. The van der Waals surface area contributed by atoms with E-state index in [2.05, 4.69) is 21.4 Å². The molecule has 0 aliphatic carbocycles. The molecule has 104 valence electrons. The zero-order valence-corrected chi connectivity index (χ0v) is 11.4. The predicted molar refractivity (Wildman–Crippen MR) is 77.5 cm³/mol. The van der Waals surface area contributed by atoms with Crippen molar-refractivity contribution in [2.75, 3.05) is 20.2 Å². The first kappa shape index (κ1) is 12.9. The second-order valence-corrected chi connectivity index (χ2v) is 4.90. The van der Waals surface area contributed by atoms with Gasteiger partial charge in [-0.15, -0.1) is 0 Å². The highest BCUT2D eigenvalue weighted by molar-refractivity contribution is 5.93. The van der Waals surface area contributed by atoms with E-state index in [1.807, 2.05) is 6.07 Å². The van der Waals surface area contributed by atoms with Crippen LogP contribution in [0, 0.1) is 0 Å². The van der Waals surface area contributed by atoms with Gasteiger partial charge in [-0.1, -0.05) is 5.57 Å². The van der Waals surface area contributed by atoms with Gasteiger partial charge in [0.15, 0.2) is 0 Å². The summed E-state index contributed by atoms with van der Waals surface area (Å²) in [6, 6.07) is 5.34. The number of imidazole rings is 1. The molecule has 1 aromatic carbocycles. The Balaban J connectivity index is 1.92. The zero-order chi connectivity index (χ0) is 13.9. The van der Waals surface area contributed by atoms with Crippen LogP contribution in [-0.2, 0) is 4.74 Å². The molecule has 0 radical (unpaired) electrons. The standard InChI is InChI=1S/C15H17N3O2/c1-20-15(19)11-2-3-12-13(9-11)18-14(17-12)8-10-4-6-16-7-5-10/h2-3,8-9,16H,4-7H2,1H3,(H,17,18). The number of aromatic nitrogens is 2. The molecule has 0 unspecified atom stereocenters. The third kappa shape index (κ3) is 2.58. The van der Waals surface area contributed by atoms with E-state index in [1.165, 1.54) is 12.7 Å². The zero-order valence-electron chi connectivity index (χ0n) is 11.4. The fourth-order valence-corrected chi connectivity index (χ4v) is 2.43. The fraction of sp³-hybridized carbons (Fsp3) is 0.333. The third-order valence-corrected chi connectivity index (χ3v) is 3.51. The number of esters is 1. The monoisotopic (exact) mass is 271 g/mol. The number of ether oxygens (including phenoxy) is 1. The molecule has 2 aromatic rings. The van der Waals surface area contributed by atoms with Gasteiger partial charge in [0, 0.05) is 0 Å². The molecule has 0 spiro atoms. The molecule has 1 saturated heterocycles. The van der Waals surface area contributed by atoms with E-state index < -0.39 is 0 Å². The third-order valence-electron chi connectivity index (χ3n) is 3.51. The van der Waals surface area contributed by atoms with Gasteiger partial charge in [0.05, 0.1) is 23.7 Å². The Labute approximate surface area is 117 Å². The summed E-state index contributed by atoms with van der Waals surface area (Å²) in [5.41, 5.74) is 3.65. The predicted octanol–water partition coefficient (Wildman–Crippen LogP) is 2.12. The molecule has 1 aliphatic heterocycles. The summed E-state index contributed by atoms with van der Waals surface area (Å²) in [7, 11) is 1.38. The maximum Gasteiger partial charge on any atom is 0.337 e. The Morgan fingerprint density at radius 2 is 2.15 bits per heavy atom.